The Kier molecular flexibility index (Phi) is 5.75. The second-order valence-corrected chi connectivity index (χ2v) is 5.37. The highest BCUT2D eigenvalue weighted by atomic mass is 79.9. The Morgan fingerprint density at radius 3 is 2.31 bits per heavy atom. The molecule has 0 bridgehead atoms. The Morgan fingerprint density at radius 1 is 1.44 bits per heavy atom. The first-order valence-electron chi connectivity index (χ1n) is 4.64. The van der Waals surface area contributed by atoms with Gasteiger partial charge in [-0.25, -0.2) is 0 Å². The number of hydrogen-bond donors (Lipinski definition) is 1. The summed E-state index contributed by atoms with van der Waals surface area (Å²) in [5, 5.41) is 2.56. The van der Waals surface area contributed by atoms with Crippen LogP contribution in [0.5, 0.6) is 0 Å². The van der Waals surface area contributed by atoms with Crippen molar-refractivity contribution in [3.63, 3.8) is 0 Å². The van der Waals surface area contributed by atoms with Crippen LogP contribution >= 0.6 is 15.9 Å². The van der Waals surface area contributed by atoms with E-state index in [1.807, 2.05) is 6.92 Å². The zero-order valence-electron chi connectivity index (χ0n) is 9.32. The van der Waals surface area contributed by atoms with Crippen molar-refractivity contribution in [3.05, 3.63) is 0 Å². The number of rotatable bonds is 5. The molecule has 0 saturated carbocycles. The second kappa shape index (κ2) is 5.86. The lowest BCUT2D eigenvalue weighted by Crippen LogP contribution is -2.50. The van der Waals surface area contributed by atoms with Crippen molar-refractivity contribution in [2.75, 3.05) is 13.2 Å². The molecule has 0 aromatic carbocycles. The minimum atomic E-state index is -4.40. The molecule has 0 aliphatic heterocycles. The quantitative estimate of drug-likeness (QED) is 0.791. The Labute approximate surface area is 101 Å². The molecule has 0 aliphatic carbocycles. The van der Waals surface area contributed by atoms with E-state index in [1.54, 1.807) is 13.8 Å². The van der Waals surface area contributed by atoms with Crippen molar-refractivity contribution < 1.29 is 22.7 Å². The van der Waals surface area contributed by atoms with Crippen molar-refractivity contribution >= 4 is 21.8 Å². The van der Waals surface area contributed by atoms with Crippen molar-refractivity contribution in [2.24, 2.45) is 0 Å². The summed E-state index contributed by atoms with van der Waals surface area (Å²) in [6.45, 7) is 3.34. The molecule has 0 heterocycles. The molecular formula is C9H15BrF3NO2. The molecule has 0 saturated heterocycles. The molecule has 0 rings (SSSR count). The van der Waals surface area contributed by atoms with Crippen molar-refractivity contribution in [1.82, 2.24) is 5.32 Å². The minimum Gasteiger partial charge on any atom is -0.362 e. The summed E-state index contributed by atoms with van der Waals surface area (Å²) >= 11 is 3.29. The number of carbonyl (C=O) groups is 1. The lowest BCUT2D eigenvalue weighted by Gasteiger charge is -2.29. The fourth-order valence-electron chi connectivity index (χ4n) is 0.754. The smallest absolute Gasteiger partial charge is 0.362 e. The van der Waals surface area contributed by atoms with Gasteiger partial charge in [-0.1, -0.05) is 22.9 Å². The Morgan fingerprint density at radius 2 is 1.94 bits per heavy atom. The molecular weight excluding hydrogens is 291 g/mol. The summed E-state index contributed by atoms with van der Waals surface area (Å²) in [5.41, 5.74) is -0.543. The van der Waals surface area contributed by atoms with E-state index in [0.717, 1.165) is 0 Å². The summed E-state index contributed by atoms with van der Waals surface area (Å²) in [5.74, 6) is -0.569. The maximum atomic E-state index is 11.7. The van der Waals surface area contributed by atoms with Gasteiger partial charge in [0.15, 0.2) is 0 Å². The fourth-order valence-corrected chi connectivity index (χ4v) is 0.869. The van der Waals surface area contributed by atoms with Crippen molar-refractivity contribution in [1.29, 1.82) is 0 Å². The molecule has 1 unspecified atom stereocenters. The van der Waals surface area contributed by atoms with Crippen LogP contribution in [-0.2, 0) is 9.53 Å². The van der Waals surface area contributed by atoms with Gasteiger partial charge in [-0.2, -0.15) is 13.2 Å². The second-order valence-electron chi connectivity index (χ2n) is 3.99. The third-order valence-electron chi connectivity index (χ3n) is 1.95. The number of amides is 1. The Bertz CT molecular complexity index is 241. The van der Waals surface area contributed by atoms with Crippen molar-refractivity contribution in [2.45, 2.75) is 37.3 Å². The number of halogens is 4. The van der Waals surface area contributed by atoms with Gasteiger partial charge in [0.1, 0.15) is 13.2 Å². The minimum absolute atomic E-state index is 0.00781. The fraction of sp³-hybridized carbons (Fsp3) is 0.889. The predicted octanol–water partition coefficient (Wildman–Crippen LogP) is 2.24. The van der Waals surface area contributed by atoms with Crippen LogP contribution in [0, 0.1) is 0 Å². The van der Waals surface area contributed by atoms with Gasteiger partial charge in [-0.15, -0.1) is 0 Å². The van der Waals surface area contributed by atoms with E-state index >= 15 is 0 Å². The van der Waals surface area contributed by atoms with Gasteiger partial charge in [0.05, 0.1) is 0 Å². The average molecular weight is 306 g/mol. The lowest BCUT2D eigenvalue weighted by atomic mass is 10.0. The average Bonchev–Trinajstić information content (AvgIpc) is 1.99. The number of nitrogens with one attached hydrogen (secondary N) is 1. The molecule has 0 spiro atoms. The number of hydrogen-bond acceptors (Lipinski definition) is 2. The van der Waals surface area contributed by atoms with E-state index in [-0.39, 0.29) is 4.83 Å². The summed E-state index contributed by atoms with van der Waals surface area (Å²) in [6, 6.07) is 0. The summed E-state index contributed by atoms with van der Waals surface area (Å²) in [6.07, 6.45) is -4.40. The van der Waals surface area contributed by atoms with Gasteiger partial charge >= 0.3 is 6.18 Å². The zero-order chi connectivity index (χ0) is 13.0. The summed E-state index contributed by atoms with van der Waals surface area (Å²) in [4.78, 5) is 11.2. The first kappa shape index (κ1) is 15.7. The molecule has 0 aliphatic rings. The molecule has 0 radical (unpaired) electrons. The third kappa shape index (κ3) is 7.05. The van der Waals surface area contributed by atoms with E-state index in [1.165, 1.54) is 0 Å². The van der Waals surface area contributed by atoms with E-state index in [4.69, 9.17) is 0 Å². The zero-order valence-corrected chi connectivity index (χ0v) is 10.9. The predicted molar refractivity (Wildman–Crippen MR) is 57.5 cm³/mol. The molecule has 96 valence electrons. The first-order chi connectivity index (χ1) is 7.04. The molecule has 1 atom stereocenters. The van der Waals surface area contributed by atoms with Gasteiger partial charge in [0.2, 0.25) is 5.91 Å². The van der Waals surface area contributed by atoms with Crippen LogP contribution in [0.1, 0.15) is 20.8 Å². The summed E-state index contributed by atoms with van der Waals surface area (Å²) in [7, 11) is 0. The van der Waals surface area contributed by atoms with Crippen LogP contribution in [0.25, 0.3) is 0 Å². The molecule has 0 fully saturated rings. The highest BCUT2D eigenvalue weighted by Gasteiger charge is 2.29. The van der Waals surface area contributed by atoms with Gasteiger partial charge in [-0.05, 0) is 13.8 Å². The van der Waals surface area contributed by atoms with E-state index in [0.29, 0.717) is 0 Å². The van der Waals surface area contributed by atoms with Gasteiger partial charge in [0.25, 0.3) is 0 Å². The van der Waals surface area contributed by atoms with Crippen molar-refractivity contribution in [3.8, 4) is 0 Å². The number of carbonyl (C=O) groups excluding carboxylic acids is 1. The highest BCUT2D eigenvalue weighted by molar-refractivity contribution is 9.09. The van der Waals surface area contributed by atoms with Crippen LogP contribution < -0.4 is 5.32 Å². The molecule has 16 heavy (non-hydrogen) atoms. The Hall–Kier alpha value is -0.300. The van der Waals surface area contributed by atoms with Crippen LogP contribution in [0.3, 0.4) is 0 Å². The van der Waals surface area contributed by atoms with E-state index in [2.05, 4.69) is 26.0 Å². The highest BCUT2D eigenvalue weighted by Crippen LogP contribution is 2.17. The first-order valence-corrected chi connectivity index (χ1v) is 5.56. The van der Waals surface area contributed by atoms with Crippen LogP contribution in [0.4, 0.5) is 13.2 Å². The van der Waals surface area contributed by atoms with Crippen LogP contribution in [-0.4, -0.2) is 35.7 Å². The van der Waals surface area contributed by atoms with Gasteiger partial charge < -0.3 is 10.1 Å². The summed E-state index contributed by atoms with van der Waals surface area (Å²) < 4.78 is 39.4. The number of alkyl halides is 4. The molecule has 7 heteroatoms. The molecule has 1 N–H and O–H groups in total. The van der Waals surface area contributed by atoms with Gasteiger partial charge in [0, 0.05) is 10.4 Å². The molecule has 0 aromatic rings. The molecule has 3 nitrogen and oxygen atoms in total. The standard InChI is InChI=1S/C9H15BrF3NO2/c1-6(10)8(2,3)14-7(15)4-16-5-9(11,12)13/h6H,4-5H2,1-3H3,(H,14,15). The van der Waals surface area contributed by atoms with Crippen LogP contribution in [0.15, 0.2) is 0 Å². The number of ether oxygens (including phenoxy) is 1. The molecule has 0 aromatic heterocycles. The van der Waals surface area contributed by atoms with Crippen LogP contribution in [0.2, 0.25) is 0 Å². The van der Waals surface area contributed by atoms with Gasteiger partial charge in [-0.3, -0.25) is 4.79 Å². The SMILES string of the molecule is CC(Br)C(C)(C)NC(=O)COCC(F)(F)F. The molecule has 1 amide bonds. The topological polar surface area (TPSA) is 38.3 Å². The Balaban J connectivity index is 3.93. The normalized spacial score (nSPS) is 14.7. The monoisotopic (exact) mass is 305 g/mol. The third-order valence-corrected chi connectivity index (χ3v) is 3.10. The lowest BCUT2D eigenvalue weighted by molar-refractivity contribution is -0.175. The van der Waals surface area contributed by atoms with E-state index < -0.39 is 30.8 Å². The maximum Gasteiger partial charge on any atom is 0.411 e. The van der Waals surface area contributed by atoms with E-state index in [9.17, 15) is 18.0 Å². The maximum absolute atomic E-state index is 11.7. The largest absolute Gasteiger partial charge is 0.411 e.